The number of hydrogen-bond acceptors (Lipinski definition) is 3. The summed E-state index contributed by atoms with van der Waals surface area (Å²) in [6.07, 6.45) is 5.00. The van der Waals surface area contributed by atoms with Crippen LogP contribution in [0.25, 0.3) is 22.3 Å². The number of amides is 1. The van der Waals surface area contributed by atoms with E-state index >= 15 is 0 Å². The Labute approximate surface area is 168 Å². The molecule has 0 atom stereocenters. The Kier molecular flexibility index (Phi) is 5.33. The first-order valence-corrected chi connectivity index (χ1v) is 9.54. The van der Waals surface area contributed by atoms with Crippen molar-refractivity contribution < 1.29 is 9.18 Å². The van der Waals surface area contributed by atoms with Crippen molar-refractivity contribution in [3.8, 4) is 11.4 Å². The molecule has 0 radical (unpaired) electrons. The average molecular weight is 388 g/mol. The molecule has 29 heavy (non-hydrogen) atoms. The number of carbonyl (C=O) groups is 1. The number of fused-ring (bicyclic) bond motifs is 1. The molecular formula is C23H21FN4O. The van der Waals surface area contributed by atoms with Gasteiger partial charge in [-0.3, -0.25) is 9.78 Å². The summed E-state index contributed by atoms with van der Waals surface area (Å²) >= 11 is 0. The standard InChI is InChI=1S/C23H21FN4O/c1-15-10-12-26-21(13-15)28-22(29)7-4-5-17-18-14-16(24)8-9-19(18)27-23(17)20-6-2-3-11-25-20/h2-3,6,8-14,27H,4-5,7H2,1H3,(H,26,28,29). The second-order valence-electron chi connectivity index (χ2n) is 7.00. The summed E-state index contributed by atoms with van der Waals surface area (Å²) in [5.41, 5.74) is 4.53. The van der Waals surface area contributed by atoms with Crippen molar-refractivity contribution >= 4 is 22.6 Å². The van der Waals surface area contributed by atoms with Crippen LogP contribution in [0, 0.1) is 12.7 Å². The molecule has 1 aromatic carbocycles. The summed E-state index contributed by atoms with van der Waals surface area (Å²) in [7, 11) is 0. The Balaban J connectivity index is 1.52. The van der Waals surface area contributed by atoms with Crippen molar-refractivity contribution in [2.75, 3.05) is 5.32 Å². The van der Waals surface area contributed by atoms with Crippen LogP contribution < -0.4 is 5.32 Å². The fourth-order valence-corrected chi connectivity index (χ4v) is 3.44. The van der Waals surface area contributed by atoms with Crippen LogP contribution in [0.15, 0.2) is 60.9 Å². The Morgan fingerprint density at radius 3 is 2.79 bits per heavy atom. The van der Waals surface area contributed by atoms with Crippen LogP contribution >= 0.6 is 0 Å². The van der Waals surface area contributed by atoms with Crippen molar-refractivity contribution in [2.45, 2.75) is 26.2 Å². The van der Waals surface area contributed by atoms with Crippen LogP contribution in [-0.2, 0) is 11.2 Å². The van der Waals surface area contributed by atoms with Gasteiger partial charge in [0.05, 0.1) is 11.4 Å². The van der Waals surface area contributed by atoms with E-state index in [1.165, 1.54) is 12.1 Å². The van der Waals surface area contributed by atoms with Crippen LogP contribution in [0.5, 0.6) is 0 Å². The number of aryl methyl sites for hydroxylation is 2. The Morgan fingerprint density at radius 2 is 2.00 bits per heavy atom. The molecule has 0 spiro atoms. The molecule has 0 bridgehead atoms. The predicted octanol–water partition coefficient (Wildman–Crippen LogP) is 5.03. The highest BCUT2D eigenvalue weighted by molar-refractivity contribution is 5.91. The third kappa shape index (κ3) is 4.32. The summed E-state index contributed by atoms with van der Waals surface area (Å²) in [6.45, 7) is 1.95. The number of benzene rings is 1. The molecule has 1 amide bonds. The van der Waals surface area contributed by atoms with Gasteiger partial charge in [-0.05, 0) is 73.4 Å². The number of aromatic amines is 1. The minimum absolute atomic E-state index is 0.0893. The van der Waals surface area contributed by atoms with E-state index in [0.29, 0.717) is 25.1 Å². The zero-order valence-electron chi connectivity index (χ0n) is 16.1. The molecule has 0 fully saturated rings. The molecule has 2 N–H and O–H groups in total. The number of pyridine rings is 2. The molecule has 6 heteroatoms. The summed E-state index contributed by atoms with van der Waals surface area (Å²) in [5, 5.41) is 3.65. The van der Waals surface area contributed by atoms with E-state index in [4.69, 9.17) is 0 Å². The van der Waals surface area contributed by atoms with E-state index < -0.39 is 0 Å². The minimum atomic E-state index is -0.284. The summed E-state index contributed by atoms with van der Waals surface area (Å²) in [5.74, 6) is 0.181. The molecule has 0 aliphatic carbocycles. The second kappa shape index (κ2) is 8.22. The fraction of sp³-hybridized carbons (Fsp3) is 0.174. The Hall–Kier alpha value is -3.54. The van der Waals surface area contributed by atoms with Gasteiger partial charge in [0, 0.05) is 29.7 Å². The first-order chi connectivity index (χ1) is 14.1. The lowest BCUT2D eigenvalue weighted by Crippen LogP contribution is -2.12. The molecule has 4 rings (SSSR count). The van der Waals surface area contributed by atoms with Crippen molar-refractivity contribution in [3.05, 3.63) is 77.9 Å². The Bertz CT molecular complexity index is 1150. The lowest BCUT2D eigenvalue weighted by molar-refractivity contribution is -0.116. The van der Waals surface area contributed by atoms with Crippen LogP contribution in [0.4, 0.5) is 10.2 Å². The smallest absolute Gasteiger partial charge is 0.225 e. The maximum Gasteiger partial charge on any atom is 0.225 e. The largest absolute Gasteiger partial charge is 0.353 e. The zero-order chi connectivity index (χ0) is 20.2. The number of aromatic nitrogens is 3. The van der Waals surface area contributed by atoms with Crippen LogP contribution in [-0.4, -0.2) is 20.9 Å². The summed E-state index contributed by atoms with van der Waals surface area (Å²) in [6, 6.07) is 14.1. The third-order valence-corrected chi connectivity index (χ3v) is 4.80. The molecule has 0 aliphatic heterocycles. The quantitative estimate of drug-likeness (QED) is 0.486. The molecule has 3 heterocycles. The monoisotopic (exact) mass is 388 g/mol. The molecule has 4 aromatic rings. The molecule has 0 saturated carbocycles. The number of nitrogens with one attached hydrogen (secondary N) is 2. The van der Waals surface area contributed by atoms with Gasteiger partial charge in [0.15, 0.2) is 0 Å². The normalized spacial score (nSPS) is 11.0. The van der Waals surface area contributed by atoms with E-state index in [1.54, 1.807) is 18.5 Å². The maximum atomic E-state index is 13.9. The van der Waals surface area contributed by atoms with Crippen molar-refractivity contribution in [1.82, 2.24) is 15.0 Å². The van der Waals surface area contributed by atoms with Gasteiger partial charge in [0.2, 0.25) is 5.91 Å². The van der Waals surface area contributed by atoms with Gasteiger partial charge in [0.1, 0.15) is 11.6 Å². The van der Waals surface area contributed by atoms with Crippen LogP contribution in [0.2, 0.25) is 0 Å². The summed E-state index contributed by atoms with van der Waals surface area (Å²) in [4.78, 5) is 24.2. The van der Waals surface area contributed by atoms with Crippen LogP contribution in [0.3, 0.4) is 0 Å². The van der Waals surface area contributed by atoms with Gasteiger partial charge in [-0.15, -0.1) is 0 Å². The van der Waals surface area contributed by atoms with Gasteiger partial charge in [0.25, 0.3) is 0 Å². The van der Waals surface area contributed by atoms with E-state index in [1.807, 2.05) is 37.3 Å². The van der Waals surface area contributed by atoms with Crippen molar-refractivity contribution in [3.63, 3.8) is 0 Å². The highest BCUT2D eigenvalue weighted by Crippen LogP contribution is 2.31. The first-order valence-electron chi connectivity index (χ1n) is 9.54. The number of halogens is 1. The van der Waals surface area contributed by atoms with Gasteiger partial charge in [-0.25, -0.2) is 9.37 Å². The predicted molar refractivity (Wildman–Crippen MR) is 112 cm³/mol. The van der Waals surface area contributed by atoms with Gasteiger partial charge in [-0.1, -0.05) is 6.07 Å². The lowest BCUT2D eigenvalue weighted by atomic mass is 10.0. The first kappa shape index (κ1) is 18.8. The molecule has 146 valence electrons. The number of rotatable bonds is 6. The van der Waals surface area contributed by atoms with E-state index in [0.717, 1.165) is 33.4 Å². The number of H-pyrrole nitrogens is 1. The van der Waals surface area contributed by atoms with E-state index in [9.17, 15) is 9.18 Å². The van der Waals surface area contributed by atoms with Crippen LogP contribution in [0.1, 0.15) is 24.0 Å². The van der Waals surface area contributed by atoms with Gasteiger partial charge < -0.3 is 10.3 Å². The third-order valence-electron chi connectivity index (χ3n) is 4.80. The average Bonchev–Trinajstić information content (AvgIpc) is 3.06. The number of nitrogens with zero attached hydrogens (tertiary/aromatic N) is 2. The van der Waals surface area contributed by atoms with Gasteiger partial charge in [-0.2, -0.15) is 0 Å². The molecular weight excluding hydrogens is 367 g/mol. The molecule has 5 nitrogen and oxygen atoms in total. The van der Waals surface area contributed by atoms with E-state index in [-0.39, 0.29) is 11.7 Å². The topological polar surface area (TPSA) is 70.7 Å². The number of carbonyl (C=O) groups excluding carboxylic acids is 1. The number of anilines is 1. The van der Waals surface area contributed by atoms with Crippen molar-refractivity contribution in [2.24, 2.45) is 0 Å². The van der Waals surface area contributed by atoms with Gasteiger partial charge >= 0.3 is 0 Å². The maximum absolute atomic E-state index is 13.9. The zero-order valence-corrected chi connectivity index (χ0v) is 16.1. The Morgan fingerprint density at radius 1 is 1.10 bits per heavy atom. The van der Waals surface area contributed by atoms with Crippen molar-refractivity contribution in [1.29, 1.82) is 0 Å². The van der Waals surface area contributed by atoms with E-state index in [2.05, 4.69) is 20.3 Å². The molecule has 0 unspecified atom stereocenters. The SMILES string of the molecule is Cc1ccnc(NC(=O)CCCc2c(-c3ccccn3)[nH]c3ccc(F)cc23)c1. The molecule has 0 aliphatic rings. The number of hydrogen-bond donors (Lipinski definition) is 2. The second-order valence-corrected chi connectivity index (χ2v) is 7.00. The lowest BCUT2D eigenvalue weighted by Gasteiger charge is -2.07. The fourth-order valence-electron chi connectivity index (χ4n) is 3.44. The highest BCUT2D eigenvalue weighted by atomic mass is 19.1. The highest BCUT2D eigenvalue weighted by Gasteiger charge is 2.15. The minimum Gasteiger partial charge on any atom is -0.353 e. The molecule has 3 aromatic heterocycles. The summed E-state index contributed by atoms with van der Waals surface area (Å²) < 4.78 is 13.9. The molecule has 0 saturated heterocycles.